The van der Waals surface area contributed by atoms with E-state index in [2.05, 4.69) is 5.32 Å². The standard InChI is InChI=1S/C27H38FN3O4S/c1-6-21(4)29-27(33)24(7-2)30(19-22-13-10-12-20(3)18-22)26(32)16-11-17-31(36(5,34)35)25-15-9-8-14-23(25)28/h8-10,12-15,18,21,24H,6-7,11,16-17,19H2,1-5H3,(H,29,33)/t21-,24+/m0/s1. The van der Waals surface area contributed by atoms with Gasteiger partial charge in [-0.3, -0.25) is 13.9 Å². The summed E-state index contributed by atoms with van der Waals surface area (Å²) in [5.41, 5.74) is 1.90. The van der Waals surface area contributed by atoms with Gasteiger partial charge in [-0.2, -0.15) is 0 Å². The lowest BCUT2D eigenvalue weighted by atomic mass is 10.1. The molecule has 2 aromatic carbocycles. The van der Waals surface area contributed by atoms with Crippen molar-refractivity contribution in [3.63, 3.8) is 0 Å². The molecule has 7 nitrogen and oxygen atoms in total. The average Bonchev–Trinajstić information content (AvgIpc) is 2.81. The number of para-hydroxylation sites is 1. The molecule has 1 N–H and O–H groups in total. The zero-order chi connectivity index (χ0) is 26.9. The van der Waals surface area contributed by atoms with E-state index in [0.29, 0.717) is 6.42 Å². The van der Waals surface area contributed by atoms with Crippen LogP contribution in [0.15, 0.2) is 48.5 Å². The molecular weight excluding hydrogens is 481 g/mol. The molecule has 2 amide bonds. The van der Waals surface area contributed by atoms with Crippen LogP contribution in [0.4, 0.5) is 10.1 Å². The molecule has 0 saturated heterocycles. The van der Waals surface area contributed by atoms with Gasteiger partial charge in [-0.15, -0.1) is 0 Å². The first kappa shape index (κ1) is 29.3. The first-order valence-electron chi connectivity index (χ1n) is 12.4. The van der Waals surface area contributed by atoms with Gasteiger partial charge in [-0.05, 0) is 50.8 Å². The number of sulfonamides is 1. The first-order valence-corrected chi connectivity index (χ1v) is 14.2. The number of amides is 2. The fourth-order valence-corrected chi connectivity index (χ4v) is 4.97. The number of nitrogens with zero attached hydrogens (tertiary/aromatic N) is 2. The lowest BCUT2D eigenvalue weighted by molar-refractivity contribution is -0.141. The third-order valence-corrected chi connectivity index (χ3v) is 7.28. The van der Waals surface area contributed by atoms with Crippen molar-refractivity contribution in [2.45, 2.75) is 72.0 Å². The highest BCUT2D eigenvalue weighted by Crippen LogP contribution is 2.22. The number of rotatable bonds is 13. The number of carbonyl (C=O) groups is 2. The van der Waals surface area contributed by atoms with Gasteiger partial charge in [0.25, 0.3) is 0 Å². The molecule has 0 aromatic heterocycles. The molecule has 2 rings (SSSR count). The molecule has 0 aliphatic rings. The molecule has 0 aliphatic carbocycles. The molecule has 9 heteroatoms. The lowest BCUT2D eigenvalue weighted by Crippen LogP contribution is -2.50. The minimum atomic E-state index is -3.76. The van der Waals surface area contributed by atoms with Crippen molar-refractivity contribution >= 4 is 27.5 Å². The van der Waals surface area contributed by atoms with Crippen LogP contribution in [0.2, 0.25) is 0 Å². The normalized spacial score (nSPS) is 13.1. The summed E-state index contributed by atoms with van der Waals surface area (Å²) in [4.78, 5) is 28.0. The van der Waals surface area contributed by atoms with E-state index in [9.17, 15) is 22.4 Å². The number of carbonyl (C=O) groups excluding carboxylic acids is 2. The maximum absolute atomic E-state index is 14.3. The van der Waals surface area contributed by atoms with E-state index >= 15 is 0 Å². The predicted octanol–water partition coefficient (Wildman–Crippen LogP) is 4.40. The lowest BCUT2D eigenvalue weighted by Gasteiger charge is -2.32. The Morgan fingerprint density at radius 1 is 1.06 bits per heavy atom. The highest BCUT2D eigenvalue weighted by atomic mass is 32.2. The van der Waals surface area contributed by atoms with Crippen molar-refractivity contribution in [3.05, 3.63) is 65.5 Å². The Labute approximate surface area is 214 Å². The van der Waals surface area contributed by atoms with Gasteiger partial charge in [-0.1, -0.05) is 55.8 Å². The monoisotopic (exact) mass is 519 g/mol. The molecule has 0 fully saturated rings. The molecule has 0 saturated carbocycles. The molecule has 0 aliphatic heterocycles. The van der Waals surface area contributed by atoms with Crippen molar-refractivity contribution < 1.29 is 22.4 Å². The molecule has 198 valence electrons. The van der Waals surface area contributed by atoms with E-state index in [1.54, 1.807) is 11.0 Å². The largest absolute Gasteiger partial charge is 0.352 e. The zero-order valence-corrected chi connectivity index (χ0v) is 22.6. The molecule has 0 heterocycles. The third-order valence-electron chi connectivity index (χ3n) is 6.10. The molecule has 36 heavy (non-hydrogen) atoms. The van der Waals surface area contributed by atoms with Gasteiger partial charge in [0.2, 0.25) is 21.8 Å². The summed E-state index contributed by atoms with van der Waals surface area (Å²) in [6.45, 7) is 7.92. The Hall–Kier alpha value is -2.94. The molecule has 0 spiro atoms. The van der Waals surface area contributed by atoms with Gasteiger partial charge in [0, 0.05) is 25.6 Å². The third kappa shape index (κ3) is 8.33. The quantitative estimate of drug-likeness (QED) is 0.425. The average molecular weight is 520 g/mol. The molecule has 0 unspecified atom stereocenters. The number of aryl methyl sites for hydroxylation is 1. The van der Waals surface area contributed by atoms with Gasteiger partial charge >= 0.3 is 0 Å². The highest BCUT2D eigenvalue weighted by molar-refractivity contribution is 7.92. The topological polar surface area (TPSA) is 86.8 Å². The van der Waals surface area contributed by atoms with Crippen LogP contribution < -0.4 is 9.62 Å². The van der Waals surface area contributed by atoms with E-state index in [-0.39, 0.29) is 49.5 Å². The van der Waals surface area contributed by atoms with E-state index in [1.165, 1.54) is 18.2 Å². The van der Waals surface area contributed by atoms with E-state index < -0.39 is 21.9 Å². The fourth-order valence-electron chi connectivity index (χ4n) is 4.00. The molecule has 0 radical (unpaired) electrons. The number of benzene rings is 2. The van der Waals surface area contributed by atoms with Crippen LogP contribution in [0, 0.1) is 12.7 Å². The van der Waals surface area contributed by atoms with Gasteiger partial charge in [0.15, 0.2) is 0 Å². The van der Waals surface area contributed by atoms with Crippen LogP contribution in [0.1, 0.15) is 57.6 Å². The molecule has 0 bridgehead atoms. The summed E-state index contributed by atoms with van der Waals surface area (Å²) < 4.78 is 40.0. The van der Waals surface area contributed by atoms with E-state index in [1.807, 2.05) is 52.0 Å². The van der Waals surface area contributed by atoms with Crippen molar-refractivity contribution in [2.75, 3.05) is 17.1 Å². The van der Waals surface area contributed by atoms with Crippen molar-refractivity contribution in [1.82, 2.24) is 10.2 Å². The summed E-state index contributed by atoms with van der Waals surface area (Å²) in [5.74, 6) is -1.12. The fraction of sp³-hybridized carbons (Fsp3) is 0.481. The second-order valence-electron chi connectivity index (χ2n) is 9.14. The van der Waals surface area contributed by atoms with Crippen LogP contribution in [0.3, 0.4) is 0 Å². The molecule has 2 atom stereocenters. The van der Waals surface area contributed by atoms with Crippen molar-refractivity contribution in [2.24, 2.45) is 0 Å². The van der Waals surface area contributed by atoms with Crippen molar-refractivity contribution in [1.29, 1.82) is 0 Å². The van der Waals surface area contributed by atoms with Crippen LogP contribution in [-0.2, 0) is 26.2 Å². The number of hydrogen-bond donors (Lipinski definition) is 1. The summed E-state index contributed by atoms with van der Waals surface area (Å²) >= 11 is 0. The van der Waals surface area contributed by atoms with Crippen molar-refractivity contribution in [3.8, 4) is 0 Å². The second kappa shape index (κ2) is 13.4. The Morgan fingerprint density at radius 3 is 2.33 bits per heavy atom. The second-order valence-corrected chi connectivity index (χ2v) is 11.0. The summed E-state index contributed by atoms with van der Waals surface area (Å²) in [6, 6.07) is 12.7. The van der Waals surface area contributed by atoms with Crippen LogP contribution >= 0.6 is 0 Å². The van der Waals surface area contributed by atoms with Gasteiger partial charge in [0.1, 0.15) is 11.9 Å². The Morgan fingerprint density at radius 2 is 1.75 bits per heavy atom. The van der Waals surface area contributed by atoms with Gasteiger partial charge < -0.3 is 10.2 Å². The van der Waals surface area contributed by atoms with E-state index in [0.717, 1.165) is 28.1 Å². The predicted molar refractivity (Wildman–Crippen MR) is 142 cm³/mol. The zero-order valence-electron chi connectivity index (χ0n) is 21.8. The Kier molecular flexibility index (Phi) is 10.9. The van der Waals surface area contributed by atoms with Crippen LogP contribution in [0.25, 0.3) is 0 Å². The Balaban J connectivity index is 2.24. The highest BCUT2D eigenvalue weighted by Gasteiger charge is 2.29. The van der Waals surface area contributed by atoms with Crippen LogP contribution in [0.5, 0.6) is 0 Å². The summed E-state index contributed by atoms with van der Waals surface area (Å²) in [5, 5.41) is 2.97. The van der Waals surface area contributed by atoms with Crippen LogP contribution in [-0.4, -0.2) is 50.0 Å². The summed E-state index contributed by atoms with van der Waals surface area (Å²) in [7, 11) is -3.76. The number of anilines is 1. The van der Waals surface area contributed by atoms with E-state index in [4.69, 9.17) is 0 Å². The number of hydrogen-bond acceptors (Lipinski definition) is 4. The summed E-state index contributed by atoms with van der Waals surface area (Å²) in [6.07, 6.45) is 2.40. The number of nitrogens with one attached hydrogen (secondary N) is 1. The van der Waals surface area contributed by atoms with Gasteiger partial charge in [0.05, 0.1) is 11.9 Å². The number of halogens is 1. The minimum Gasteiger partial charge on any atom is -0.352 e. The molecule has 2 aromatic rings. The first-order chi connectivity index (χ1) is 17.0. The van der Waals surface area contributed by atoms with Gasteiger partial charge in [-0.25, -0.2) is 12.8 Å². The smallest absolute Gasteiger partial charge is 0.243 e. The SMILES string of the molecule is CC[C@H](C(=O)N[C@@H](C)CC)N(Cc1cccc(C)c1)C(=O)CCCN(c1ccccc1F)S(C)(=O)=O. The maximum atomic E-state index is 14.3. The molecular formula is C27H38FN3O4S. The minimum absolute atomic E-state index is 0.0133. The Bertz CT molecular complexity index is 1140. The maximum Gasteiger partial charge on any atom is 0.243 e.